The number of para-hydroxylation sites is 1. The molecule has 0 spiro atoms. The van der Waals surface area contributed by atoms with Crippen LogP contribution in [0.4, 0.5) is 11.4 Å². The highest BCUT2D eigenvalue weighted by atomic mass is 16.6. The van der Waals surface area contributed by atoms with Crippen LogP contribution in [0.2, 0.25) is 0 Å². The lowest BCUT2D eigenvalue weighted by Gasteiger charge is -2.08. The second-order valence-corrected chi connectivity index (χ2v) is 4.23. The summed E-state index contributed by atoms with van der Waals surface area (Å²) in [6, 6.07) is 7.17. The first kappa shape index (κ1) is 12.3. The molecule has 0 bridgehead atoms. The van der Waals surface area contributed by atoms with E-state index in [-0.39, 0.29) is 11.3 Å². The van der Waals surface area contributed by atoms with Crippen LogP contribution < -0.4 is 10.6 Å². The number of nitro benzene ring substituents is 1. The molecule has 18 heavy (non-hydrogen) atoms. The summed E-state index contributed by atoms with van der Waals surface area (Å²) >= 11 is 0. The van der Waals surface area contributed by atoms with Gasteiger partial charge in [-0.15, -0.1) is 0 Å². The van der Waals surface area contributed by atoms with Gasteiger partial charge in [0.2, 0.25) is 0 Å². The van der Waals surface area contributed by atoms with Crippen LogP contribution in [0.15, 0.2) is 18.2 Å². The first-order valence-corrected chi connectivity index (χ1v) is 5.87. The molecule has 6 nitrogen and oxygen atoms in total. The molecular weight excluding hydrogens is 232 g/mol. The second kappa shape index (κ2) is 5.47. The second-order valence-electron chi connectivity index (χ2n) is 4.23. The SMILES string of the molecule is N#Cc1cccc(NCCNC2CC2)c1[N+](=O)[O-]. The Hall–Kier alpha value is -2.13. The molecule has 6 heteroatoms. The van der Waals surface area contributed by atoms with Crippen LogP contribution in [0.1, 0.15) is 18.4 Å². The quantitative estimate of drug-likeness (QED) is 0.452. The Bertz CT molecular complexity index is 491. The van der Waals surface area contributed by atoms with Gasteiger partial charge < -0.3 is 10.6 Å². The fraction of sp³-hybridized carbons (Fsp3) is 0.417. The van der Waals surface area contributed by atoms with Crippen molar-refractivity contribution in [1.82, 2.24) is 5.32 Å². The van der Waals surface area contributed by atoms with Crippen LogP contribution in [-0.4, -0.2) is 24.1 Å². The Morgan fingerprint density at radius 1 is 1.44 bits per heavy atom. The maximum absolute atomic E-state index is 11.0. The van der Waals surface area contributed by atoms with E-state index in [2.05, 4.69) is 10.6 Å². The normalized spacial score (nSPS) is 13.9. The molecule has 0 heterocycles. The van der Waals surface area contributed by atoms with E-state index in [9.17, 15) is 10.1 Å². The maximum Gasteiger partial charge on any atom is 0.309 e. The summed E-state index contributed by atoms with van der Waals surface area (Å²) in [5, 5.41) is 26.1. The Labute approximate surface area is 105 Å². The van der Waals surface area contributed by atoms with E-state index in [0.29, 0.717) is 18.3 Å². The van der Waals surface area contributed by atoms with Crippen LogP contribution in [0, 0.1) is 21.4 Å². The van der Waals surface area contributed by atoms with E-state index in [1.165, 1.54) is 18.9 Å². The Balaban J connectivity index is 2.01. The number of rotatable bonds is 6. The Morgan fingerprint density at radius 2 is 2.22 bits per heavy atom. The first-order valence-electron chi connectivity index (χ1n) is 5.87. The minimum Gasteiger partial charge on any atom is -0.378 e. The molecule has 1 saturated carbocycles. The zero-order chi connectivity index (χ0) is 13.0. The molecule has 0 atom stereocenters. The lowest BCUT2D eigenvalue weighted by atomic mass is 10.1. The predicted octanol–water partition coefficient (Wildman–Crippen LogP) is 1.63. The molecule has 0 amide bonds. The molecule has 94 valence electrons. The standard InChI is InChI=1S/C12H14N4O2/c13-8-9-2-1-3-11(12(9)16(17)18)15-7-6-14-10-4-5-10/h1-3,10,14-15H,4-7H2. The highest BCUT2D eigenvalue weighted by Gasteiger charge is 2.21. The maximum atomic E-state index is 11.0. The van der Waals surface area contributed by atoms with Gasteiger partial charge in [-0.05, 0) is 25.0 Å². The number of nitrogens with one attached hydrogen (secondary N) is 2. The van der Waals surface area contributed by atoms with Gasteiger partial charge in [0.15, 0.2) is 0 Å². The van der Waals surface area contributed by atoms with Crippen molar-refractivity contribution in [2.75, 3.05) is 18.4 Å². The third kappa shape index (κ3) is 2.96. The zero-order valence-corrected chi connectivity index (χ0v) is 9.85. The molecule has 0 aliphatic heterocycles. The van der Waals surface area contributed by atoms with Crippen molar-refractivity contribution in [2.24, 2.45) is 0 Å². The predicted molar refractivity (Wildman–Crippen MR) is 67.3 cm³/mol. The molecule has 1 aromatic rings. The van der Waals surface area contributed by atoms with Crippen molar-refractivity contribution >= 4 is 11.4 Å². The van der Waals surface area contributed by atoms with Gasteiger partial charge in [0.05, 0.1) is 4.92 Å². The van der Waals surface area contributed by atoms with E-state index < -0.39 is 4.92 Å². The van der Waals surface area contributed by atoms with E-state index in [0.717, 1.165) is 6.54 Å². The van der Waals surface area contributed by atoms with Gasteiger partial charge in [0.1, 0.15) is 17.3 Å². The van der Waals surface area contributed by atoms with E-state index in [1.54, 1.807) is 12.1 Å². The average Bonchev–Trinajstić information content (AvgIpc) is 3.18. The lowest BCUT2D eigenvalue weighted by molar-refractivity contribution is -0.384. The van der Waals surface area contributed by atoms with Gasteiger partial charge >= 0.3 is 5.69 Å². The fourth-order valence-corrected chi connectivity index (χ4v) is 1.73. The van der Waals surface area contributed by atoms with Crippen molar-refractivity contribution < 1.29 is 4.92 Å². The van der Waals surface area contributed by atoms with Crippen molar-refractivity contribution in [2.45, 2.75) is 18.9 Å². The molecular formula is C12H14N4O2. The van der Waals surface area contributed by atoms with Gasteiger partial charge in [-0.3, -0.25) is 10.1 Å². The molecule has 1 fully saturated rings. The molecule has 1 aliphatic carbocycles. The van der Waals surface area contributed by atoms with Crippen LogP contribution >= 0.6 is 0 Å². The Morgan fingerprint density at radius 3 is 2.83 bits per heavy atom. The summed E-state index contributed by atoms with van der Waals surface area (Å²) in [7, 11) is 0. The van der Waals surface area contributed by atoms with Crippen molar-refractivity contribution in [3.63, 3.8) is 0 Å². The third-order valence-electron chi connectivity index (χ3n) is 2.79. The molecule has 0 saturated heterocycles. The highest BCUT2D eigenvalue weighted by molar-refractivity contribution is 5.68. The number of anilines is 1. The molecule has 1 aromatic carbocycles. The van der Waals surface area contributed by atoms with E-state index in [1.807, 2.05) is 6.07 Å². The van der Waals surface area contributed by atoms with E-state index >= 15 is 0 Å². The summed E-state index contributed by atoms with van der Waals surface area (Å²) in [6.45, 7) is 1.37. The van der Waals surface area contributed by atoms with Crippen LogP contribution in [-0.2, 0) is 0 Å². The molecule has 1 aliphatic rings. The van der Waals surface area contributed by atoms with Crippen molar-refractivity contribution in [1.29, 1.82) is 5.26 Å². The number of hydrogen-bond acceptors (Lipinski definition) is 5. The smallest absolute Gasteiger partial charge is 0.309 e. The van der Waals surface area contributed by atoms with Gasteiger partial charge in [0.25, 0.3) is 0 Å². The third-order valence-corrected chi connectivity index (χ3v) is 2.79. The minimum atomic E-state index is -0.519. The fourth-order valence-electron chi connectivity index (χ4n) is 1.73. The highest BCUT2D eigenvalue weighted by Crippen LogP contribution is 2.27. The molecule has 0 unspecified atom stereocenters. The number of benzene rings is 1. The van der Waals surface area contributed by atoms with Gasteiger partial charge in [-0.25, -0.2) is 0 Å². The van der Waals surface area contributed by atoms with Crippen LogP contribution in [0.3, 0.4) is 0 Å². The molecule has 0 aromatic heterocycles. The van der Waals surface area contributed by atoms with Crippen LogP contribution in [0.25, 0.3) is 0 Å². The number of hydrogen-bond donors (Lipinski definition) is 2. The summed E-state index contributed by atoms with van der Waals surface area (Å²) < 4.78 is 0. The first-order chi connectivity index (χ1) is 8.72. The molecule has 0 radical (unpaired) electrons. The number of nitriles is 1. The number of nitro groups is 1. The van der Waals surface area contributed by atoms with Gasteiger partial charge in [-0.2, -0.15) is 5.26 Å². The largest absolute Gasteiger partial charge is 0.378 e. The topological polar surface area (TPSA) is 91.0 Å². The lowest BCUT2D eigenvalue weighted by Crippen LogP contribution is -2.24. The summed E-state index contributed by atoms with van der Waals surface area (Å²) in [4.78, 5) is 10.4. The monoisotopic (exact) mass is 246 g/mol. The summed E-state index contributed by atoms with van der Waals surface area (Å²) in [6.07, 6.45) is 2.42. The van der Waals surface area contributed by atoms with Gasteiger partial charge in [0, 0.05) is 19.1 Å². The minimum absolute atomic E-state index is 0.0835. The Kier molecular flexibility index (Phi) is 3.75. The van der Waals surface area contributed by atoms with Crippen molar-refractivity contribution in [3.8, 4) is 6.07 Å². The average molecular weight is 246 g/mol. The summed E-state index contributed by atoms with van der Waals surface area (Å²) in [5.41, 5.74) is 0.336. The van der Waals surface area contributed by atoms with Crippen molar-refractivity contribution in [3.05, 3.63) is 33.9 Å². The number of nitrogens with zero attached hydrogens (tertiary/aromatic N) is 2. The van der Waals surface area contributed by atoms with Gasteiger partial charge in [-0.1, -0.05) is 6.07 Å². The summed E-state index contributed by atoms with van der Waals surface area (Å²) in [5.74, 6) is 0. The van der Waals surface area contributed by atoms with Crippen LogP contribution in [0.5, 0.6) is 0 Å². The zero-order valence-electron chi connectivity index (χ0n) is 9.85. The molecule has 2 N–H and O–H groups in total. The molecule has 2 rings (SSSR count). The van der Waals surface area contributed by atoms with E-state index in [4.69, 9.17) is 5.26 Å².